The fourth-order valence-electron chi connectivity index (χ4n) is 2.85. The molecule has 1 heterocycles. The van der Waals surface area contributed by atoms with Crippen LogP contribution >= 0.6 is 0 Å². The molecule has 1 aliphatic carbocycles. The summed E-state index contributed by atoms with van der Waals surface area (Å²) >= 11 is 0. The lowest BCUT2D eigenvalue weighted by Crippen LogP contribution is -2.04. The van der Waals surface area contributed by atoms with Gasteiger partial charge in [-0.25, -0.2) is 0 Å². The van der Waals surface area contributed by atoms with E-state index in [4.69, 9.17) is 4.74 Å². The van der Waals surface area contributed by atoms with E-state index >= 15 is 0 Å². The van der Waals surface area contributed by atoms with E-state index in [0.717, 1.165) is 30.5 Å². The summed E-state index contributed by atoms with van der Waals surface area (Å²) in [6, 6.07) is 7.75. The first kappa shape index (κ1) is 13.7. The number of hydrogen-bond donors (Lipinski definition) is 1. The van der Waals surface area contributed by atoms with E-state index in [2.05, 4.69) is 18.0 Å². The number of methoxy groups -OCH3 is 1. The molecule has 3 rings (SSSR count). The molecule has 0 amide bonds. The molecule has 1 aliphatic rings. The molecule has 3 heteroatoms. The lowest BCUT2D eigenvalue weighted by atomic mass is 9.89. The number of aryl methyl sites for hydroxylation is 2. The summed E-state index contributed by atoms with van der Waals surface area (Å²) in [6.07, 6.45) is 7.11. The van der Waals surface area contributed by atoms with Gasteiger partial charge in [-0.1, -0.05) is 18.2 Å². The third-order valence-corrected chi connectivity index (χ3v) is 3.88. The summed E-state index contributed by atoms with van der Waals surface area (Å²) in [7, 11) is 1.56. The van der Waals surface area contributed by atoms with Gasteiger partial charge < -0.3 is 9.84 Å². The Morgan fingerprint density at radius 1 is 1.29 bits per heavy atom. The summed E-state index contributed by atoms with van der Waals surface area (Å²) in [5, 5.41) is 10.2. The number of fused-ring (bicyclic) bond motifs is 1. The third-order valence-electron chi connectivity index (χ3n) is 3.88. The lowest BCUT2D eigenvalue weighted by molar-refractivity contribution is 0.373. The summed E-state index contributed by atoms with van der Waals surface area (Å²) in [4.78, 5) is 4.59. The van der Waals surface area contributed by atoms with Crippen molar-refractivity contribution in [3.05, 3.63) is 52.8 Å². The van der Waals surface area contributed by atoms with Gasteiger partial charge in [-0.2, -0.15) is 0 Å². The Balaban J connectivity index is 2.06. The molecule has 0 bridgehead atoms. The highest BCUT2D eigenvalue weighted by Crippen LogP contribution is 2.35. The van der Waals surface area contributed by atoms with Gasteiger partial charge >= 0.3 is 0 Å². The van der Waals surface area contributed by atoms with Crippen molar-refractivity contribution >= 4 is 11.6 Å². The summed E-state index contributed by atoms with van der Waals surface area (Å²) < 4.78 is 5.17. The first-order valence-electron chi connectivity index (χ1n) is 7.21. The van der Waals surface area contributed by atoms with E-state index in [1.54, 1.807) is 13.2 Å². The molecule has 0 saturated heterocycles. The zero-order valence-electron chi connectivity index (χ0n) is 12.4. The lowest BCUT2D eigenvalue weighted by Gasteiger charge is -2.18. The minimum atomic E-state index is 0.187. The van der Waals surface area contributed by atoms with Gasteiger partial charge in [0.2, 0.25) is 0 Å². The predicted molar refractivity (Wildman–Crippen MR) is 84.4 cm³/mol. The zero-order valence-corrected chi connectivity index (χ0v) is 12.4. The van der Waals surface area contributed by atoms with Crippen LogP contribution in [-0.4, -0.2) is 17.2 Å². The second kappa shape index (κ2) is 5.60. The van der Waals surface area contributed by atoms with Crippen LogP contribution in [0.1, 0.15) is 35.2 Å². The summed E-state index contributed by atoms with van der Waals surface area (Å²) in [5.41, 5.74) is 5.52. The number of allylic oxidation sites excluding steroid dienone is 1. The Morgan fingerprint density at radius 3 is 2.95 bits per heavy atom. The second-order valence-corrected chi connectivity index (χ2v) is 5.44. The molecule has 0 unspecified atom stereocenters. The van der Waals surface area contributed by atoms with E-state index in [-0.39, 0.29) is 5.75 Å². The van der Waals surface area contributed by atoms with Crippen LogP contribution in [0.4, 0.5) is 0 Å². The minimum absolute atomic E-state index is 0.187. The van der Waals surface area contributed by atoms with Crippen molar-refractivity contribution in [2.24, 2.45) is 0 Å². The normalized spacial score (nSPS) is 15.8. The molecule has 2 aromatic rings. The van der Waals surface area contributed by atoms with Crippen LogP contribution in [0, 0.1) is 6.92 Å². The van der Waals surface area contributed by atoms with Gasteiger partial charge in [-0.05, 0) is 55.0 Å². The van der Waals surface area contributed by atoms with Crippen molar-refractivity contribution in [1.29, 1.82) is 0 Å². The van der Waals surface area contributed by atoms with Crippen molar-refractivity contribution in [2.75, 3.05) is 7.11 Å². The van der Waals surface area contributed by atoms with Crippen molar-refractivity contribution in [1.82, 2.24) is 4.98 Å². The number of aromatic hydroxyl groups is 1. The molecule has 1 N–H and O–H groups in total. The van der Waals surface area contributed by atoms with E-state index in [9.17, 15) is 5.11 Å². The van der Waals surface area contributed by atoms with Crippen molar-refractivity contribution in [3.8, 4) is 11.5 Å². The van der Waals surface area contributed by atoms with Crippen LogP contribution in [0.5, 0.6) is 11.5 Å². The fraction of sp³-hybridized carbons (Fsp3) is 0.278. The second-order valence-electron chi connectivity index (χ2n) is 5.44. The van der Waals surface area contributed by atoms with E-state index in [0.29, 0.717) is 5.75 Å². The summed E-state index contributed by atoms with van der Waals surface area (Å²) in [6.45, 7) is 2.07. The van der Waals surface area contributed by atoms with Gasteiger partial charge in [0.1, 0.15) is 0 Å². The SMILES string of the molecule is COc1cccc(C=C2CCCc3cc(C)cnc32)c1O. The van der Waals surface area contributed by atoms with Gasteiger partial charge in [0.15, 0.2) is 11.5 Å². The van der Waals surface area contributed by atoms with E-state index < -0.39 is 0 Å². The molecule has 0 atom stereocenters. The summed E-state index contributed by atoms with van der Waals surface area (Å²) in [5.74, 6) is 0.684. The quantitative estimate of drug-likeness (QED) is 0.905. The Labute approximate surface area is 124 Å². The molecule has 1 aromatic heterocycles. The highest BCUT2D eigenvalue weighted by atomic mass is 16.5. The molecule has 0 radical (unpaired) electrons. The zero-order chi connectivity index (χ0) is 14.8. The van der Waals surface area contributed by atoms with Crippen molar-refractivity contribution in [2.45, 2.75) is 26.2 Å². The van der Waals surface area contributed by atoms with Crippen LogP contribution < -0.4 is 4.74 Å². The Kier molecular flexibility index (Phi) is 3.65. The number of hydrogen-bond acceptors (Lipinski definition) is 3. The number of para-hydroxylation sites is 1. The van der Waals surface area contributed by atoms with E-state index in [1.165, 1.54) is 16.7 Å². The largest absolute Gasteiger partial charge is 0.504 e. The molecule has 0 spiro atoms. The molecule has 1 aromatic carbocycles. The van der Waals surface area contributed by atoms with Gasteiger partial charge in [0.25, 0.3) is 0 Å². The van der Waals surface area contributed by atoms with E-state index in [1.807, 2.05) is 24.4 Å². The monoisotopic (exact) mass is 281 g/mol. The number of benzene rings is 1. The number of rotatable bonds is 2. The molecule has 21 heavy (non-hydrogen) atoms. The van der Waals surface area contributed by atoms with Crippen LogP contribution in [0.3, 0.4) is 0 Å². The average molecular weight is 281 g/mol. The molecule has 3 nitrogen and oxygen atoms in total. The third kappa shape index (κ3) is 2.64. The van der Waals surface area contributed by atoms with Crippen LogP contribution in [-0.2, 0) is 6.42 Å². The number of aromatic nitrogens is 1. The molecular weight excluding hydrogens is 262 g/mol. The van der Waals surface area contributed by atoms with Crippen LogP contribution in [0.25, 0.3) is 11.6 Å². The highest BCUT2D eigenvalue weighted by molar-refractivity contribution is 5.84. The predicted octanol–water partition coefficient (Wildman–Crippen LogP) is 3.98. The fourth-order valence-corrected chi connectivity index (χ4v) is 2.85. The Morgan fingerprint density at radius 2 is 2.14 bits per heavy atom. The van der Waals surface area contributed by atoms with Crippen molar-refractivity contribution in [3.63, 3.8) is 0 Å². The first-order valence-corrected chi connectivity index (χ1v) is 7.21. The van der Waals surface area contributed by atoms with Crippen LogP contribution in [0.2, 0.25) is 0 Å². The molecule has 0 fully saturated rings. The number of nitrogens with zero attached hydrogens (tertiary/aromatic N) is 1. The molecule has 108 valence electrons. The number of pyridine rings is 1. The topological polar surface area (TPSA) is 42.4 Å². The first-order chi connectivity index (χ1) is 10.2. The molecular formula is C18H19NO2. The van der Waals surface area contributed by atoms with Gasteiger partial charge in [0, 0.05) is 11.8 Å². The smallest absolute Gasteiger partial charge is 0.165 e. The maximum atomic E-state index is 10.2. The minimum Gasteiger partial charge on any atom is -0.504 e. The van der Waals surface area contributed by atoms with Gasteiger partial charge in [-0.15, -0.1) is 0 Å². The van der Waals surface area contributed by atoms with Crippen LogP contribution in [0.15, 0.2) is 30.5 Å². The highest BCUT2D eigenvalue weighted by Gasteiger charge is 2.16. The Hall–Kier alpha value is -2.29. The van der Waals surface area contributed by atoms with Crippen molar-refractivity contribution < 1.29 is 9.84 Å². The molecule has 0 saturated carbocycles. The van der Waals surface area contributed by atoms with Gasteiger partial charge in [-0.3, -0.25) is 4.98 Å². The molecule has 0 aliphatic heterocycles. The maximum Gasteiger partial charge on any atom is 0.165 e. The number of ether oxygens (including phenoxy) is 1. The number of phenols is 1. The standard InChI is InChI=1S/C18H19NO2/c1-12-9-13-5-3-6-14(17(13)19-11-12)10-15-7-4-8-16(21-2)18(15)20/h4,7-11,20H,3,5-6H2,1-2H3. The maximum absolute atomic E-state index is 10.2. The number of phenolic OH excluding ortho intramolecular Hbond substituents is 1. The Bertz CT molecular complexity index is 704. The van der Waals surface area contributed by atoms with Gasteiger partial charge in [0.05, 0.1) is 12.8 Å². The average Bonchev–Trinajstić information content (AvgIpc) is 2.49.